The lowest BCUT2D eigenvalue weighted by Crippen LogP contribution is -2.25. The number of hydrogen-bond donors (Lipinski definition) is 1. The molecule has 1 atom stereocenters. The van der Waals surface area contributed by atoms with Crippen molar-refractivity contribution in [1.82, 2.24) is 4.98 Å². The zero-order chi connectivity index (χ0) is 12.0. The van der Waals surface area contributed by atoms with Crippen LogP contribution in [0.15, 0.2) is 18.3 Å². The number of rotatable bonds is 6. The standard InChI is InChI=1S/C13H22N2O/c1-4-8-15(9-5-2)13-10-12(11(3)16)6-7-14-13/h6-7,10-11,16H,4-5,8-9H2,1-3H3/t11-/m1/s1. The topological polar surface area (TPSA) is 36.4 Å². The summed E-state index contributed by atoms with van der Waals surface area (Å²) in [5.41, 5.74) is 0.933. The Hall–Kier alpha value is -1.09. The Kier molecular flexibility index (Phi) is 5.26. The van der Waals surface area contributed by atoms with Gasteiger partial charge in [0.05, 0.1) is 6.10 Å². The summed E-state index contributed by atoms with van der Waals surface area (Å²) >= 11 is 0. The van der Waals surface area contributed by atoms with Crippen molar-refractivity contribution in [2.24, 2.45) is 0 Å². The fourth-order valence-electron chi connectivity index (χ4n) is 1.75. The second-order valence-corrected chi connectivity index (χ2v) is 4.11. The van der Waals surface area contributed by atoms with E-state index in [9.17, 15) is 5.11 Å². The fraction of sp³-hybridized carbons (Fsp3) is 0.615. The largest absolute Gasteiger partial charge is 0.389 e. The maximum absolute atomic E-state index is 9.54. The minimum absolute atomic E-state index is 0.424. The van der Waals surface area contributed by atoms with Crippen LogP contribution >= 0.6 is 0 Å². The van der Waals surface area contributed by atoms with Gasteiger partial charge >= 0.3 is 0 Å². The summed E-state index contributed by atoms with van der Waals surface area (Å²) in [5, 5.41) is 9.54. The van der Waals surface area contributed by atoms with Gasteiger partial charge in [0.2, 0.25) is 0 Å². The van der Waals surface area contributed by atoms with Gasteiger partial charge in [-0.1, -0.05) is 13.8 Å². The van der Waals surface area contributed by atoms with Crippen molar-refractivity contribution in [3.63, 3.8) is 0 Å². The van der Waals surface area contributed by atoms with Crippen LogP contribution in [0, 0.1) is 0 Å². The predicted molar refractivity (Wildman–Crippen MR) is 67.7 cm³/mol. The van der Waals surface area contributed by atoms with Crippen molar-refractivity contribution in [2.75, 3.05) is 18.0 Å². The Bertz CT molecular complexity index is 307. The molecule has 0 radical (unpaired) electrons. The van der Waals surface area contributed by atoms with Crippen molar-refractivity contribution in [3.05, 3.63) is 23.9 Å². The third-order valence-electron chi connectivity index (χ3n) is 2.56. The third kappa shape index (κ3) is 3.49. The van der Waals surface area contributed by atoms with Gasteiger partial charge in [-0.2, -0.15) is 0 Å². The summed E-state index contributed by atoms with van der Waals surface area (Å²) in [4.78, 5) is 6.64. The third-order valence-corrected chi connectivity index (χ3v) is 2.56. The number of pyridine rings is 1. The van der Waals surface area contributed by atoms with E-state index in [1.807, 2.05) is 12.1 Å². The molecule has 1 aromatic heterocycles. The van der Waals surface area contributed by atoms with Crippen molar-refractivity contribution in [2.45, 2.75) is 39.7 Å². The lowest BCUT2D eigenvalue weighted by molar-refractivity contribution is 0.199. The van der Waals surface area contributed by atoms with E-state index in [-0.39, 0.29) is 0 Å². The van der Waals surface area contributed by atoms with Crippen LogP contribution in [0.4, 0.5) is 5.82 Å². The van der Waals surface area contributed by atoms with E-state index in [1.165, 1.54) is 0 Å². The molecular formula is C13H22N2O. The number of anilines is 1. The van der Waals surface area contributed by atoms with E-state index in [0.29, 0.717) is 0 Å². The van der Waals surface area contributed by atoms with Gasteiger partial charge in [0.1, 0.15) is 5.82 Å². The van der Waals surface area contributed by atoms with Crippen LogP contribution in [0.5, 0.6) is 0 Å². The van der Waals surface area contributed by atoms with E-state index >= 15 is 0 Å². The van der Waals surface area contributed by atoms with E-state index in [0.717, 1.165) is 37.3 Å². The van der Waals surface area contributed by atoms with E-state index in [4.69, 9.17) is 0 Å². The normalized spacial score (nSPS) is 12.5. The molecule has 0 fully saturated rings. The van der Waals surface area contributed by atoms with Crippen LogP contribution < -0.4 is 4.90 Å². The summed E-state index contributed by atoms with van der Waals surface area (Å²) in [5.74, 6) is 0.974. The number of nitrogens with zero attached hydrogens (tertiary/aromatic N) is 2. The molecule has 0 aliphatic rings. The highest BCUT2D eigenvalue weighted by atomic mass is 16.3. The summed E-state index contributed by atoms with van der Waals surface area (Å²) in [6, 6.07) is 3.85. The molecule has 1 rings (SSSR count). The molecule has 0 unspecified atom stereocenters. The zero-order valence-corrected chi connectivity index (χ0v) is 10.5. The second kappa shape index (κ2) is 6.48. The summed E-state index contributed by atoms with van der Waals surface area (Å²) < 4.78 is 0. The Morgan fingerprint density at radius 3 is 2.44 bits per heavy atom. The van der Waals surface area contributed by atoms with Gasteiger partial charge in [-0.25, -0.2) is 4.98 Å². The monoisotopic (exact) mass is 222 g/mol. The highest BCUT2D eigenvalue weighted by Crippen LogP contribution is 2.18. The highest BCUT2D eigenvalue weighted by Gasteiger charge is 2.08. The molecule has 0 spiro atoms. The van der Waals surface area contributed by atoms with Gasteiger partial charge in [0.25, 0.3) is 0 Å². The molecule has 16 heavy (non-hydrogen) atoms. The molecule has 3 heteroatoms. The molecule has 0 saturated carbocycles. The van der Waals surface area contributed by atoms with E-state index < -0.39 is 6.10 Å². The fourth-order valence-corrected chi connectivity index (χ4v) is 1.75. The maximum Gasteiger partial charge on any atom is 0.128 e. The average molecular weight is 222 g/mol. The maximum atomic E-state index is 9.54. The summed E-state index contributed by atoms with van der Waals surface area (Å²) in [7, 11) is 0. The molecule has 1 heterocycles. The molecule has 0 aliphatic carbocycles. The SMILES string of the molecule is CCCN(CCC)c1cc([C@@H](C)O)ccn1. The van der Waals surface area contributed by atoms with Crippen molar-refractivity contribution < 1.29 is 5.11 Å². The smallest absolute Gasteiger partial charge is 0.128 e. The van der Waals surface area contributed by atoms with Crippen molar-refractivity contribution >= 4 is 5.82 Å². The number of hydrogen-bond acceptors (Lipinski definition) is 3. The first-order chi connectivity index (χ1) is 7.69. The second-order valence-electron chi connectivity index (χ2n) is 4.11. The predicted octanol–water partition coefficient (Wildman–Crippen LogP) is 2.76. The summed E-state index contributed by atoms with van der Waals surface area (Å²) in [6.45, 7) is 8.15. The van der Waals surface area contributed by atoms with Crippen molar-refractivity contribution in [3.8, 4) is 0 Å². The Balaban J connectivity index is 2.86. The van der Waals surface area contributed by atoms with Crippen LogP contribution in [0.2, 0.25) is 0 Å². The number of aliphatic hydroxyl groups excluding tert-OH is 1. The quantitative estimate of drug-likeness (QED) is 0.804. The van der Waals surface area contributed by atoms with Crippen LogP contribution in [0.25, 0.3) is 0 Å². The first kappa shape index (κ1) is 13.0. The molecule has 1 N–H and O–H groups in total. The first-order valence-corrected chi connectivity index (χ1v) is 6.08. The zero-order valence-electron chi connectivity index (χ0n) is 10.5. The lowest BCUT2D eigenvalue weighted by atomic mass is 10.1. The van der Waals surface area contributed by atoms with Gasteiger partial charge in [0, 0.05) is 19.3 Å². The molecule has 90 valence electrons. The lowest BCUT2D eigenvalue weighted by Gasteiger charge is -2.23. The molecular weight excluding hydrogens is 200 g/mol. The molecule has 0 saturated heterocycles. The molecule has 0 amide bonds. The molecule has 0 bridgehead atoms. The minimum Gasteiger partial charge on any atom is -0.389 e. The van der Waals surface area contributed by atoms with E-state index in [1.54, 1.807) is 13.1 Å². The minimum atomic E-state index is -0.424. The molecule has 0 aliphatic heterocycles. The number of aromatic nitrogens is 1. The van der Waals surface area contributed by atoms with Crippen LogP contribution in [-0.2, 0) is 0 Å². The Labute approximate surface area is 98.1 Å². The van der Waals surface area contributed by atoms with Gasteiger partial charge in [0.15, 0.2) is 0 Å². The van der Waals surface area contributed by atoms with Gasteiger partial charge in [-0.15, -0.1) is 0 Å². The van der Waals surface area contributed by atoms with Crippen LogP contribution in [0.3, 0.4) is 0 Å². The molecule has 3 nitrogen and oxygen atoms in total. The molecule has 0 aromatic carbocycles. The molecule has 1 aromatic rings. The van der Waals surface area contributed by atoms with Crippen molar-refractivity contribution in [1.29, 1.82) is 0 Å². The highest BCUT2D eigenvalue weighted by molar-refractivity contribution is 5.41. The van der Waals surface area contributed by atoms with Crippen LogP contribution in [0.1, 0.15) is 45.3 Å². The van der Waals surface area contributed by atoms with Gasteiger partial charge in [-0.05, 0) is 37.5 Å². The Morgan fingerprint density at radius 1 is 1.31 bits per heavy atom. The Morgan fingerprint density at radius 2 is 1.94 bits per heavy atom. The first-order valence-electron chi connectivity index (χ1n) is 6.08. The van der Waals surface area contributed by atoms with Gasteiger partial charge < -0.3 is 10.0 Å². The van der Waals surface area contributed by atoms with Gasteiger partial charge in [-0.3, -0.25) is 0 Å². The average Bonchev–Trinajstić information content (AvgIpc) is 2.29. The summed E-state index contributed by atoms with van der Waals surface area (Å²) in [6.07, 6.45) is 3.57. The van der Waals surface area contributed by atoms with E-state index in [2.05, 4.69) is 23.7 Å². The van der Waals surface area contributed by atoms with Crippen LogP contribution in [-0.4, -0.2) is 23.2 Å². The number of aliphatic hydroxyl groups is 1.